The standard InChI is InChI=1S/C21H23Cl2N3O2/c22-18-2-1-3-19(23)20(18)26-11-16(12-26)15-4-5-17(24-10-15)13-25-8-6-14(7-9-25)21(27)28/h1-5,10,14,16H,6-9,11-13H2,(H,27,28). The number of carboxylic acids is 1. The van der Waals surface area contributed by atoms with Crippen molar-refractivity contribution in [3.05, 3.63) is 57.8 Å². The first-order valence-electron chi connectivity index (χ1n) is 9.60. The van der Waals surface area contributed by atoms with Crippen LogP contribution in [-0.4, -0.2) is 47.1 Å². The van der Waals surface area contributed by atoms with Gasteiger partial charge in [0.15, 0.2) is 0 Å². The molecule has 0 radical (unpaired) electrons. The van der Waals surface area contributed by atoms with Gasteiger partial charge in [-0.05, 0) is 49.7 Å². The van der Waals surface area contributed by atoms with Gasteiger partial charge in [-0.15, -0.1) is 0 Å². The molecule has 1 N–H and O–H groups in total. The van der Waals surface area contributed by atoms with Gasteiger partial charge in [0.05, 0.1) is 27.3 Å². The fourth-order valence-electron chi connectivity index (χ4n) is 4.00. The van der Waals surface area contributed by atoms with Gasteiger partial charge < -0.3 is 10.0 Å². The molecular formula is C21H23Cl2N3O2. The third-order valence-corrected chi connectivity index (χ3v) is 6.39. The third-order valence-electron chi connectivity index (χ3n) is 5.78. The topological polar surface area (TPSA) is 56.7 Å². The molecule has 28 heavy (non-hydrogen) atoms. The number of benzene rings is 1. The maximum absolute atomic E-state index is 11.1. The Kier molecular flexibility index (Phi) is 5.76. The predicted octanol–water partition coefficient (Wildman–Crippen LogP) is 4.29. The summed E-state index contributed by atoms with van der Waals surface area (Å²) in [7, 11) is 0. The molecule has 0 spiro atoms. The lowest BCUT2D eigenvalue weighted by Gasteiger charge is -2.42. The zero-order valence-corrected chi connectivity index (χ0v) is 17.0. The van der Waals surface area contributed by atoms with E-state index < -0.39 is 5.97 Å². The van der Waals surface area contributed by atoms with E-state index in [0.29, 0.717) is 16.0 Å². The first-order chi connectivity index (χ1) is 13.5. The van der Waals surface area contributed by atoms with Crippen molar-refractivity contribution in [2.45, 2.75) is 25.3 Å². The highest BCUT2D eigenvalue weighted by Gasteiger charge is 2.31. The van der Waals surface area contributed by atoms with Gasteiger partial charge in [-0.1, -0.05) is 35.3 Å². The molecule has 5 nitrogen and oxygen atoms in total. The van der Waals surface area contributed by atoms with Crippen LogP contribution in [0.4, 0.5) is 5.69 Å². The first kappa shape index (κ1) is 19.5. The highest BCUT2D eigenvalue weighted by atomic mass is 35.5. The van der Waals surface area contributed by atoms with Crippen LogP contribution in [0.15, 0.2) is 36.5 Å². The Labute approximate surface area is 174 Å². The molecule has 2 saturated heterocycles. The normalized spacial score (nSPS) is 18.9. The van der Waals surface area contributed by atoms with Gasteiger partial charge in [-0.2, -0.15) is 0 Å². The van der Waals surface area contributed by atoms with Gasteiger partial charge in [-0.3, -0.25) is 14.7 Å². The minimum atomic E-state index is -0.672. The van der Waals surface area contributed by atoms with Gasteiger partial charge in [0, 0.05) is 31.7 Å². The van der Waals surface area contributed by atoms with E-state index in [-0.39, 0.29) is 5.92 Å². The number of carbonyl (C=O) groups is 1. The summed E-state index contributed by atoms with van der Waals surface area (Å²) in [5.41, 5.74) is 3.17. The van der Waals surface area contributed by atoms with Gasteiger partial charge in [0.25, 0.3) is 0 Å². The number of anilines is 1. The van der Waals surface area contributed by atoms with Crippen LogP contribution in [0, 0.1) is 5.92 Å². The summed E-state index contributed by atoms with van der Waals surface area (Å²) in [5.74, 6) is -0.435. The molecule has 0 saturated carbocycles. The highest BCUT2D eigenvalue weighted by Crippen LogP contribution is 2.39. The van der Waals surface area contributed by atoms with E-state index in [1.807, 2.05) is 24.4 Å². The molecule has 0 atom stereocenters. The number of carboxylic acid groups (broad SMARTS) is 1. The van der Waals surface area contributed by atoms with Gasteiger partial charge in [-0.25, -0.2) is 0 Å². The van der Waals surface area contributed by atoms with Gasteiger partial charge in [0.1, 0.15) is 0 Å². The predicted molar refractivity (Wildman–Crippen MR) is 111 cm³/mol. The second-order valence-corrected chi connectivity index (χ2v) is 8.46. The molecule has 7 heteroatoms. The number of rotatable bonds is 5. The van der Waals surface area contributed by atoms with E-state index in [1.165, 1.54) is 5.56 Å². The number of aromatic nitrogens is 1. The third kappa shape index (κ3) is 4.12. The summed E-state index contributed by atoms with van der Waals surface area (Å²) in [6.45, 7) is 4.17. The summed E-state index contributed by atoms with van der Waals surface area (Å²) in [6, 6.07) is 9.84. The Bertz CT molecular complexity index is 825. The molecule has 2 aliphatic heterocycles. The average molecular weight is 420 g/mol. The Morgan fingerprint density at radius 2 is 1.79 bits per heavy atom. The van der Waals surface area contributed by atoms with Crippen LogP contribution in [0.3, 0.4) is 0 Å². The quantitative estimate of drug-likeness (QED) is 0.782. The number of halogens is 2. The van der Waals surface area contributed by atoms with Crippen LogP contribution >= 0.6 is 23.2 Å². The lowest BCUT2D eigenvalue weighted by Crippen LogP contribution is -2.45. The molecule has 2 aromatic rings. The van der Waals surface area contributed by atoms with Crippen molar-refractivity contribution in [1.82, 2.24) is 9.88 Å². The Morgan fingerprint density at radius 3 is 2.36 bits per heavy atom. The van der Waals surface area contributed by atoms with E-state index in [1.54, 1.807) is 0 Å². The molecule has 3 heterocycles. The number of hydrogen-bond donors (Lipinski definition) is 1. The number of nitrogens with zero attached hydrogens (tertiary/aromatic N) is 3. The zero-order valence-electron chi connectivity index (χ0n) is 15.5. The van der Waals surface area contributed by atoms with Gasteiger partial charge >= 0.3 is 5.97 Å². The molecule has 0 aliphatic carbocycles. The Morgan fingerprint density at radius 1 is 1.11 bits per heavy atom. The second kappa shape index (κ2) is 8.27. The SMILES string of the molecule is O=C(O)C1CCN(Cc2ccc(C3CN(c4c(Cl)cccc4Cl)C3)cn2)CC1. The van der Waals surface area contributed by atoms with Crippen molar-refractivity contribution >= 4 is 34.9 Å². The number of piperidine rings is 1. The molecule has 1 aromatic heterocycles. The zero-order chi connectivity index (χ0) is 19.7. The summed E-state index contributed by atoms with van der Waals surface area (Å²) < 4.78 is 0. The smallest absolute Gasteiger partial charge is 0.306 e. The number of hydrogen-bond acceptors (Lipinski definition) is 4. The minimum Gasteiger partial charge on any atom is -0.481 e. The van der Waals surface area contributed by atoms with Crippen molar-refractivity contribution in [1.29, 1.82) is 0 Å². The Balaban J connectivity index is 1.31. The van der Waals surface area contributed by atoms with Crippen LogP contribution in [-0.2, 0) is 11.3 Å². The van der Waals surface area contributed by atoms with Crippen LogP contribution in [0.1, 0.15) is 30.0 Å². The average Bonchev–Trinajstić information content (AvgIpc) is 2.64. The van der Waals surface area contributed by atoms with E-state index in [9.17, 15) is 4.79 Å². The van der Waals surface area contributed by atoms with Crippen molar-refractivity contribution in [2.24, 2.45) is 5.92 Å². The molecule has 0 bridgehead atoms. The van der Waals surface area contributed by atoms with E-state index in [2.05, 4.69) is 26.9 Å². The number of pyridine rings is 1. The van der Waals surface area contributed by atoms with Crippen molar-refractivity contribution in [3.8, 4) is 0 Å². The highest BCUT2D eigenvalue weighted by molar-refractivity contribution is 6.39. The monoisotopic (exact) mass is 419 g/mol. The molecule has 0 amide bonds. The summed E-state index contributed by atoms with van der Waals surface area (Å²) >= 11 is 12.6. The van der Waals surface area contributed by atoms with E-state index in [4.69, 9.17) is 28.3 Å². The molecule has 148 valence electrons. The summed E-state index contributed by atoms with van der Waals surface area (Å²) in [6.07, 6.45) is 3.40. The molecule has 0 unspecified atom stereocenters. The largest absolute Gasteiger partial charge is 0.481 e. The molecular weight excluding hydrogens is 397 g/mol. The molecule has 2 fully saturated rings. The fraction of sp³-hybridized carbons (Fsp3) is 0.429. The number of aliphatic carboxylic acids is 1. The van der Waals surface area contributed by atoms with Crippen LogP contribution in [0.5, 0.6) is 0 Å². The summed E-state index contributed by atoms with van der Waals surface area (Å²) in [5, 5.41) is 10.5. The molecule has 4 rings (SSSR count). The Hall–Kier alpha value is -1.82. The fourth-order valence-corrected chi connectivity index (χ4v) is 4.64. The lowest BCUT2D eigenvalue weighted by atomic mass is 9.92. The second-order valence-electron chi connectivity index (χ2n) is 7.64. The maximum Gasteiger partial charge on any atom is 0.306 e. The van der Waals surface area contributed by atoms with Gasteiger partial charge in [0.2, 0.25) is 0 Å². The maximum atomic E-state index is 11.1. The van der Waals surface area contributed by atoms with Crippen LogP contribution in [0.25, 0.3) is 0 Å². The summed E-state index contributed by atoms with van der Waals surface area (Å²) in [4.78, 5) is 20.2. The molecule has 2 aliphatic rings. The van der Waals surface area contributed by atoms with Crippen molar-refractivity contribution in [3.63, 3.8) is 0 Å². The number of likely N-dealkylation sites (tertiary alicyclic amines) is 1. The molecule has 1 aromatic carbocycles. The number of para-hydroxylation sites is 1. The minimum absolute atomic E-state index is 0.195. The van der Waals surface area contributed by atoms with E-state index in [0.717, 1.165) is 56.9 Å². The van der Waals surface area contributed by atoms with Crippen LogP contribution in [0.2, 0.25) is 10.0 Å². The first-order valence-corrected chi connectivity index (χ1v) is 10.4. The van der Waals surface area contributed by atoms with Crippen molar-refractivity contribution in [2.75, 3.05) is 31.1 Å². The van der Waals surface area contributed by atoms with Crippen molar-refractivity contribution < 1.29 is 9.90 Å². The van der Waals surface area contributed by atoms with E-state index >= 15 is 0 Å². The lowest BCUT2D eigenvalue weighted by molar-refractivity contribution is -0.143. The van der Waals surface area contributed by atoms with Crippen LogP contribution < -0.4 is 4.90 Å².